The second-order valence-electron chi connectivity index (χ2n) is 5.29. The first-order chi connectivity index (χ1) is 10.6. The van der Waals surface area contributed by atoms with E-state index in [0.717, 1.165) is 30.7 Å². The van der Waals surface area contributed by atoms with Crippen LogP contribution < -0.4 is 11.0 Å². The van der Waals surface area contributed by atoms with Gasteiger partial charge in [0.05, 0.1) is 11.0 Å². The molecule has 1 aromatic carbocycles. The normalized spacial score (nSPS) is 11.3. The zero-order valence-electron chi connectivity index (χ0n) is 13.5. The third-order valence-corrected chi connectivity index (χ3v) is 4.00. The average molecular weight is 304 g/mol. The topological polar surface area (TPSA) is 59.3 Å². The van der Waals surface area contributed by atoms with Crippen LogP contribution in [-0.2, 0) is 18.4 Å². The van der Waals surface area contributed by atoms with Crippen LogP contribution in [-0.4, -0.2) is 46.1 Å². The highest BCUT2D eigenvalue weighted by Crippen LogP contribution is 2.10. The van der Waals surface area contributed by atoms with Crippen molar-refractivity contribution >= 4 is 16.9 Å². The van der Waals surface area contributed by atoms with E-state index < -0.39 is 0 Å². The Bertz CT molecular complexity index is 698. The maximum absolute atomic E-state index is 12.2. The van der Waals surface area contributed by atoms with Gasteiger partial charge in [-0.15, -0.1) is 0 Å². The summed E-state index contributed by atoms with van der Waals surface area (Å²) in [5.74, 6) is -0.134. The summed E-state index contributed by atoms with van der Waals surface area (Å²) in [4.78, 5) is 26.6. The molecule has 2 aromatic rings. The van der Waals surface area contributed by atoms with Gasteiger partial charge in [-0.3, -0.25) is 13.9 Å². The second-order valence-corrected chi connectivity index (χ2v) is 5.29. The molecule has 2 rings (SSSR count). The van der Waals surface area contributed by atoms with Gasteiger partial charge in [-0.25, -0.2) is 4.79 Å². The fourth-order valence-electron chi connectivity index (χ4n) is 2.61. The van der Waals surface area contributed by atoms with Crippen molar-refractivity contribution in [2.24, 2.45) is 7.05 Å². The van der Waals surface area contributed by atoms with Crippen LogP contribution in [0.1, 0.15) is 13.8 Å². The molecule has 1 amide bonds. The van der Waals surface area contributed by atoms with E-state index in [-0.39, 0.29) is 18.1 Å². The number of carbonyl (C=O) groups excluding carboxylic acids is 1. The first kappa shape index (κ1) is 16.3. The third kappa shape index (κ3) is 3.39. The van der Waals surface area contributed by atoms with Gasteiger partial charge in [0.2, 0.25) is 5.91 Å². The molecule has 0 bridgehead atoms. The van der Waals surface area contributed by atoms with Crippen LogP contribution in [0, 0.1) is 0 Å². The standard InChI is InChI=1S/C16H24N4O2/c1-4-19(5-2)11-10-17-15(21)12-20-14-9-7-6-8-13(14)18(3)16(20)22/h6-9H,4-5,10-12H2,1-3H3,(H,17,21). The quantitative estimate of drug-likeness (QED) is 0.823. The third-order valence-electron chi connectivity index (χ3n) is 4.00. The van der Waals surface area contributed by atoms with Gasteiger partial charge in [0.15, 0.2) is 0 Å². The number of aromatic nitrogens is 2. The largest absolute Gasteiger partial charge is 0.353 e. The molecule has 0 aliphatic rings. The summed E-state index contributed by atoms with van der Waals surface area (Å²) >= 11 is 0. The van der Waals surface area contributed by atoms with Gasteiger partial charge >= 0.3 is 5.69 Å². The second kappa shape index (κ2) is 7.26. The number of hydrogen-bond donors (Lipinski definition) is 1. The number of carbonyl (C=O) groups is 1. The molecule has 0 fully saturated rings. The highest BCUT2D eigenvalue weighted by molar-refractivity contribution is 5.80. The highest BCUT2D eigenvalue weighted by atomic mass is 16.2. The molecule has 0 saturated heterocycles. The summed E-state index contributed by atoms with van der Waals surface area (Å²) in [6.45, 7) is 7.61. The van der Waals surface area contributed by atoms with E-state index in [1.54, 1.807) is 11.6 Å². The van der Waals surface area contributed by atoms with Gasteiger partial charge in [-0.1, -0.05) is 26.0 Å². The van der Waals surface area contributed by atoms with E-state index in [0.29, 0.717) is 6.54 Å². The molecule has 6 nitrogen and oxygen atoms in total. The van der Waals surface area contributed by atoms with Crippen molar-refractivity contribution < 1.29 is 4.79 Å². The lowest BCUT2D eigenvalue weighted by Gasteiger charge is -2.17. The number of benzene rings is 1. The van der Waals surface area contributed by atoms with E-state index in [1.165, 1.54) is 4.57 Å². The zero-order valence-corrected chi connectivity index (χ0v) is 13.5. The van der Waals surface area contributed by atoms with Crippen LogP contribution in [0.3, 0.4) is 0 Å². The van der Waals surface area contributed by atoms with E-state index >= 15 is 0 Å². The van der Waals surface area contributed by atoms with Crippen molar-refractivity contribution in [3.05, 3.63) is 34.7 Å². The van der Waals surface area contributed by atoms with Crippen LogP contribution in [0.4, 0.5) is 0 Å². The first-order valence-corrected chi connectivity index (χ1v) is 7.71. The Morgan fingerprint density at radius 1 is 1.18 bits per heavy atom. The first-order valence-electron chi connectivity index (χ1n) is 7.71. The number of rotatable bonds is 7. The Labute approximate surface area is 130 Å². The molecule has 0 unspecified atom stereocenters. The minimum atomic E-state index is -0.167. The summed E-state index contributed by atoms with van der Waals surface area (Å²) in [5.41, 5.74) is 1.46. The summed E-state index contributed by atoms with van der Waals surface area (Å²) < 4.78 is 3.08. The molecule has 0 aliphatic heterocycles. The predicted octanol–water partition coefficient (Wildman–Crippen LogP) is 0.798. The number of nitrogens with one attached hydrogen (secondary N) is 1. The van der Waals surface area contributed by atoms with Gasteiger partial charge in [0.1, 0.15) is 6.54 Å². The van der Waals surface area contributed by atoms with Gasteiger partial charge in [-0.2, -0.15) is 0 Å². The number of para-hydroxylation sites is 2. The Balaban J connectivity index is 2.04. The summed E-state index contributed by atoms with van der Waals surface area (Å²) in [5, 5.41) is 2.88. The van der Waals surface area contributed by atoms with Crippen molar-refractivity contribution in [3.8, 4) is 0 Å². The SMILES string of the molecule is CCN(CC)CCNC(=O)Cn1c(=O)n(C)c2ccccc21. The molecular formula is C16H24N4O2. The molecular weight excluding hydrogens is 280 g/mol. The summed E-state index contributed by atoms with van der Waals surface area (Å²) in [6.07, 6.45) is 0. The molecule has 0 spiro atoms. The smallest absolute Gasteiger partial charge is 0.329 e. The predicted molar refractivity (Wildman–Crippen MR) is 88.0 cm³/mol. The Morgan fingerprint density at radius 3 is 2.45 bits per heavy atom. The molecule has 0 aliphatic carbocycles. The molecule has 0 saturated carbocycles. The van der Waals surface area contributed by atoms with Gasteiger partial charge in [0, 0.05) is 20.1 Å². The maximum atomic E-state index is 12.2. The van der Waals surface area contributed by atoms with E-state index in [2.05, 4.69) is 24.1 Å². The number of aryl methyl sites for hydroxylation is 1. The minimum Gasteiger partial charge on any atom is -0.353 e. The molecule has 1 N–H and O–H groups in total. The number of amides is 1. The molecule has 1 aromatic heterocycles. The Hall–Kier alpha value is -2.08. The average Bonchev–Trinajstić information content (AvgIpc) is 2.77. The van der Waals surface area contributed by atoms with Crippen LogP contribution in [0.2, 0.25) is 0 Å². The molecule has 0 radical (unpaired) electrons. The highest BCUT2D eigenvalue weighted by Gasteiger charge is 2.12. The van der Waals surface area contributed by atoms with Gasteiger partial charge < -0.3 is 10.2 Å². The lowest BCUT2D eigenvalue weighted by molar-refractivity contribution is -0.121. The molecule has 120 valence electrons. The Kier molecular flexibility index (Phi) is 5.38. The van der Waals surface area contributed by atoms with Crippen molar-refractivity contribution in [2.75, 3.05) is 26.2 Å². The summed E-state index contributed by atoms with van der Waals surface area (Å²) in [7, 11) is 1.72. The number of likely N-dealkylation sites (N-methyl/N-ethyl adjacent to an activating group) is 1. The van der Waals surface area contributed by atoms with Crippen molar-refractivity contribution in [3.63, 3.8) is 0 Å². The molecule has 22 heavy (non-hydrogen) atoms. The van der Waals surface area contributed by atoms with Crippen LogP contribution >= 0.6 is 0 Å². The van der Waals surface area contributed by atoms with Crippen molar-refractivity contribution in [2.45, 2.75) is 20.4 Å². The van der Waals surface area contributed by atoms with E-state index in [4.69, 9.17) is 0 Å². The number of imidazole rings is 1. The van der Waals surface area contributed by atoms with E-state index in [1.807, 2.05) is 24.3 Å². The van der Waals surface area contributed by atoms with Crippen molar-refractivity contribution in [1.82, 2.24) is 19.4 Å². The van der Waals surface area contributed by atoms with Gasteiger partial charge in [-0.05, 0) is 25.2 Å². The van der Waals surface area contributed by atoms with Crippen LogP contribution in [0.25, 0.3) is 11.0 Å². The van der Waals surface area contributed by atoms with Crippen LogP contribution in [0.15, 0.2) is 29.1 Å². The minimum absolute atomic E-state index is 0.0540. The monoisotopic (exact) mass is 304 g/mol. The van der Waals surface area contributed by atoms with Crippen molar-refractivity contribution in [1.29, 1.82) is 0 Å². The number of hydrogen-bond acceptors (Lipinski definition) is 3. The number of nitrogens with zero attached hydrogens (tertiary/aromatic N) is 3. The fraction of sp³-hybridized carbons (Fsp3) is 0.500. The summed E-state index contributed by atoms with van der Waals surface area (Å²) in [6, 6.07) is 7.50. The molecule has 6 heteroatoms. The van der Waals surface area contributed by atoms with E-state index in [9.17, 15) is 9.59 Å². The lowest BCUT2D eigenvalue weighted by atomic mass is 10.3. The number of fused-ring (bicyclic) bond motifs is 1. The van der Waals surface area contributed by atoms with Gasteiger partial charge in [0.25, 0.3) is 0 Å². The fourth-order valence-corrected chi connectivity index (χ4v) is 2.61. The maximum Gasteiger partial charge on any atom is 0.329 e. The zero-order chi connectivity index (χ0) is 16.1. The molecule has 0 atom stereocenters. The van der Waals surface area contributed by atoms with Crippen LogP contribution in [0.5, 0.6) is 0 Å². The molecule has 1 heterocycles. The Morgan fingerprint density at radius 2 is 1.82 bits per heavy atom. The lowest BCUT2D eigenvalue weighted by Crippen LogP contribution is -2.37.